The number of nitrogens with one attached hydrogen (secondary N) is 1. The first kappa shape index (κ1) is 18.7. The molecule has 0 saturated carbocycles. The van der Waals surface area contributed by atoms with Gasteiger partial charge in [0.2, 0.25) is 0 Å². The van der Waals surface area contributed by atoms with E-state index < -0.39 is 0 Å². The fourth-order valence-corrected chi connectivity index (χ4v) is 3.29. The Morgan fingerprint density at radius 2 is 1.86 bits per heavy atom. The predicted octanol–water partition coefficient (Wildman–Crippen LogP) is 2.86. The molecule has 0 aliphatic carbocycles. The van der Waals surface area contributed by atoms with Crippen LogP contribution in [0, 0.1) is 20.8 Å². The van der Waals surface area contributed by atoms with Crippen LogP contribution in [0.2, 0.25) is 0 Å². The molecule has 29 heavy (non-hydrogen) atoms. The Balaban J connectivity index is 1.62. The maximum Gasteiger partial charge on any atom is 0.368 e. The molecule has 4 rings (SSSR count). The highest BCUT2D eigenvalue weighted by atomic mass is 16.5. The lowest BCUT2D eigenvalue weighted by Gasteiger charge is -2.14. The molecule has 0 aliphatic rings. The van der Waals surface area contributed by atoms with E-state index in [1.807, 2.05) is 57.3 Å². The molecule has 2 aromatic carbocycles. The molecule has 4 aromatic rings. The minimum atomic E-state index is -0.299. The zero-order valence-electron chi connectivity index (χ0n) is 16.8. The Kier molecular flexibility index (Phi) is 4.75. The molecule has 0 amide bonds. The summed E-state index contributed by atoms with van der Waals surface area (Å²) >= 11 is 0. The number of tetrazole rings is 1. The van der Waals surface area contributed by atoms with Gasteiger partial charge >= 0.3 is 5.69 Å². The van der Waals surface area contributed by atoms with E-state index in [0.29, 0.717) is 12.3 Å². The number of aromatic nitrogens is 6. The van der Waals surface area contributed by atoms with Gasteiger partial charge in [0.1, 0.15) is 12.4 Å². The van der Waals surface area contributed by atoms with Crippen LogP contribution in [0.5, 0.6) is 5.75 Å². The van der Waals surface area contributed by atoms with Gasteiger partial charge in [-0.2, -0.15) is 14.5 Å². The highest BCUT2D eigenvalue weighted by molar-refractivity contribution is 5.64. The SMILES string of the molecule is Cc1cc(-c2n[nH]cc2C)ccc1OCc1c(C)cccc1-n1nnn(C)c1=O. The molecule has 8 heteroatoms. The smallest absolute Gasteiger partial charge is 0.368 e. The lowest BCUT2D eigenvalue weighted by molar-refractivity contribution is 0.302. The second-order valence-electron chi connectivity index (χ2n) is 7.06. The van der Waals surface area contributed by atoms with Crippen molar-refractivity contribution >= 4 is 0 Å². The quantitative estimate of drug-likeness (QED) is 0.566. The van der Waals surface area contributed by atoms with Crippen LogP contribution in [0.1, 0.15) is 22.3 Å². The van der Waals surface area contributed by atoms with Crippen LogP contribution >= 0.6 is 0 Å². The summed E-state index contributed by atoms with van der Waals surface area (Å²) in [5.74, 6) is 0.780. The van der Waals surface area contributed by atoms with Gasteiger partial charge in [0.05, 0.1) is 11.4 Å². The van der Waals surface area contributed by atoms with Crippen molar-refractivity contribution < 1.29 is 4.74 Å². The lowest BCUT2D eigenvalue weighted by Crippen LogP contribution is -2.23. The van der Waals surface area contributed by atoms with Crippen molar-refractivity contribution in [2.75, 3.05) is 0 Å². The average molecular weight is 390 g/mol. The van der Waals surface area contributed by atoms with E-state index in [2.05, 4.69) is 26.7 Å². The molecule has 2 heterocycles. The summed E-state index contributed by atoms with van der Waals surface area (Å²) in [6.45, 7) is 6.33. The lowest BCUT2D eigenvalue weighted by atomic mass is 10.1. The molecular formula is C21H22N6O2. The summed E-state index contributed by atoms with van der Waals surface area (Å²) in [5, 5.41) is 15.0. The van der Waals surface area contributed by atoms with Gasteiger partial charge in [0.25, 0.3) is 0 Å². The maximum atomic E-state index is 12.3. The van der Waals surface area contributed by atoms with E-state index in [1.54, 1.807) is 7.05 Å². The van der Waals surface area contributed by atoms with Crippen molar-refractivity contribution in [2.24, 2.45) is 7.05 Å². The molecule has 148 valence electrons. The summed E-state index contributed by atoms with van der Waals surface area (Å²) in [5.41, 5.74) is 6.35. The first-order valence-corrected chi connectivity index (χ1v) is 9.28. The topological polar surface area (TPSA) is 90.6 Å². The Labute approximate surface area is 167 Å². The minimum absolute atomic E-state index is 0.299. The van der Waals surface area contributed by atoms with E-state index in [4.69, 9.17) is 4.74 Å². The van der Waals surface area contributed by atoms with Crippen LogP contribution in [0.25, 0.3) is 16.9 Å². The van der Waals surface area contributed by atoms with Crippen LogP contribution in [-0.4, -0.2) is 30.0 Å². The third-order valence-electron chi connectivity index (χ3n) is 4.99. The second-order valence-corrected chi connectivity index (χ2v) is 7.06. The molecule has 8 nitrogen and oxygen atoms in total. The maximum absolute atomic E-state index is 12.3. The molecule has 0 bridgehead atoms. The van der Waals surface area contributed by atoms with Crippen LogP contribution in [0.4, 0.5) is 0 Å². The van der Waals surface area contributed by atoms with Gasteiger partial charge in [0.15, 0.2) is 0 Å². The van der Waals surface area contributed by atoms with Crippen molar-refractivity contribution in [1.29, 1.82) is 0 Å². The van der Waals surface area contributed by atoms with Gasteiger partial charge in [-0.25, -0.2) is 4.79 Å². The number of nitrogens with zero attached hydrogens (tertiary/aromatic N) is 5. The van der Waals surface area contributed by atoms with Crippen molar-refractivity contribution in [3.05, 3.63) is 75.3 Å². The van der Waals surface area contributed by atoms with Crippen molar-refractivity contribution in [2.45, 2.75) is 27.4 Å². The number of rotatable bonds is 5. The van der Waals surface area contributed by atoms with Gasteiger partial charge in [-0.15, -0.1) is 0 Å². The number of aromatic amines is 1. The average Bonchev–Trinajstić information content (AvgIpc) is 3.27. The molecule has 0 unspecified atom stereocenters. The summed E-state index contributed by atoms with van der Waals surface area (Å²) in [4.78, 5) is 12.3. The molecule has 0 atom stereocenters. The second kappa shape index (κ2) is 7.38. The summed E-state index contributed by atoms with van der Waals surface area (Å²) in [6, 6.07) is 11.7. The number of benzene rings is 2. The predicted molar refractivity (Wildman–Crippen MR) is 109 cm³/mol. The third kappa shape index (κ3) is 3.44. The third-order valence-corrected chi connectivity index (χ3v) is 4.99. The number of hydrogen-bond acceptors (Lipinski definition) is 5. The van der Waals surface area contributed by atoms with Crippen molar-refractivity contribution in [3.8, 4) is 22.7 Å². The monoisotopic (exact) mass is 390 g/mol. The number of aryl methyl sites for hydroxylation is 4. The zero-order valence-corrected chi connectivity index (χ0v) is 16.8. The Hall–Kier alpha value is -3.68. The van der Waals surface area contributed by atoms with Gasteiger partial charge in [0, 0.05) is 24.4 Å². The number of hydrogen-bond donors (Lipinski definition) is 1. The normalized spacial score (nSPS) is 11.0. The minimum Gasteiger partial charge on any atom is -0.489 e. The van der Waals surface area contributed by atoms with Gasteiger partial charge in [-0.3, -0.25) is 5.10 Å². The molecule has 0 fully saturated rings. The molecular weight excluding hydrogens is 368 g/mol. The summed E-state index contributed by atoms with van der Waals surface area (Å²) in [7, 11) is 1.57. The van der Waals surface area contributed by atoms with Gasteiger partial charge in [-0.05, 0) is 72.2 Å². The van der Waals surface area contributed by atoms with Crippen molar-refractivity contribution in [1.82, 2.24) is 30.0 Å². The van der Waals surface area contributed by atoms with E-state index in [0.717, 1.165) is 39.3 Å². The highest BCUT2D eigenvalue weighted by Gasteiger charge is 2.14. The van der Waals surface area contributed by atoms with E-state index >= 15 is 0 Å². The molecule has 0 radical (unpaired) electrons. The largest absolute Gasteiger partial charge is 0.489 e. The highest BCUT2D eigenvalue weighted by Crippen LogP contribution is 2.28. The van der Waals surface area contributed by atoms with E-state index in [9.17, 15) is 4.79 Å². The number of H-pyrrole nitrogens is 1. The fraction of sp³-hybridized carbons (Fsp3) is 0.238. The fourth-order valence-electron chi connectivity index (χ4n) is 3.29. The number of ether oxygens (including phenoxy) is 1. The van der Waals surface area contributed by atoms with E-state index in [-0.39, 0.29) is 5.69 Å². The molecule has 0 saturated heterocycles. The molecule has 1 N–H and O–H groups in total. The molecule has 0 aliphatic heterocycles. The van der Waals surface area contributed by atoms with Gasteiger partial charge in [-0.1, -0.05) is 12.1 Å². The van der Waals surface area contributed by atoms with Crippen molar-refractivity contribution in [3.63, 3.8) is 0 Å². The van der Waals surface area contributed by atoms with Crippen LogP contribution < -0.4 is 10.4 Å². The first-order valence-electron chi connectivity index (χ1n) is 9.28. The summed E-state index contributed by atoms with van der Waals surface area (Å²) < 4.78 is 8.61. The Morgan fingerprint density at radius 3 is 2.52 bits per heavy atom. The molecule has 2 aromatic heterocycles. The standard InChI is InChI=1S/C21H22N6O2/c1-13-6-5-7-18(27-21(28)26(4)24-25-27)17(13)12-29-19-9-8-16(10-14(19)2)20-15(3)11-22-23-20/h5-11H,12H2,1-4H3,(H,22,23). The van der Waals surface area contributed by atoms with E-state index in [1.165, 1.54) is 9.36 Å². The Bertz CT molecular complexity index is 1230. The summed E-state index contributed by atoms with van der Waals surface area (Å²) in [6.07, 6.45) is 1.88. The van der Waals surface area contributed by atoms with Crippen LogP contribution in [0.15, 0.2) is 47.4 Å². The Morgan fingerprint density at radius 1 is 1.03 bits per heavy atom. The van der Waals surface area contributed by atoms with Gasteiger partial charge < -0.3 is 4.74 Å². The molecule has 0 spiro atoms. The van der Waals surface area contributed by atoms with Crippen LogP contribution in [-0.2, 0) is 13.7 Å². The zero-order chi connectivity index (χ0) is 20.5. The van der Waals surface area contributed by atoms with Crippen LogP contribution in [0.3, 0.4) is 0 Å². The first-order chi connectivity index (χ1) is 14.0.